The summed E-state index contributed by atoms with van der Waals surface area (Å²) in [6, 6.07) is 1.73. The zero-order valence-corrected chi connectivity index (χ0v) is 13.8. The van der Waals surface area contributed by atoms with Crippen molar-refractivity contribution in [2.24, 2.45) is 5.92 Å². The number of anilines is 1. The van der Waals surface area contributed by atoms with Gasteiger partial charge in [0.05, 0.1) is 19.1 Å². The Bertz CT molecular complexity index is 546. The standard InChI is InChI=1S/C16H24N4O3/c1-12-13(4-3-11-23-12)15(21)19-7-9-20(10-8-19)16-17-6-5-14(18-16)22-2/h5-6,12-13H,3-4,7-11H2,1-2H3/t12-,13-/m1/s1. The quantitative estimate of drug-likeness (QED) is 0.826. The van der Waals surface area contributed by atoms with E-state index in [1.54, 1.807) is 19.4 Å². The van der Waals surface area contributed by atoms with Crippen LogP contribution in [0.4, 0.5) is 5.95 Å². The Morgan fingerprint density at radius 1 is 1.35 bits per heavy atom. The van der Waals surface area contributed by atoms with Crippen LogP contribution in [-0.2, 0) is 9.53 Å². The van der Waals surface area contributed by atoms with Crippen LogP contribution in [0.2, 0.25) is 0 Å². The minimum Gasteiger partial charge on any atom is -0.481 e. The van der Waals surface area contributed by atoms with Crippen molar-refractivity contribution in [2.75, 3.05) is 44.8 Å². The average Bonchev–Trinajstić information content (AvgIpc) is 2.62. The molecule has 3 heterocycles. The number of carbonyl (C=O) groups is 1. The molecule has 1 aromatic rings. The molecule has 2 atom stereocenters. The molecule has 2 fully saturated rings. The molecule has 2 aliphatic rings. The van der Waals surface area contributed by atoms with Gasteiger partial charge in [-0.1, -0.05) is 0 Å². The second-order valence-corrected chi connectivity index (χ2v) is 6.04. The van der Waals surface area contributed by atoms with Crippen LogP contribution < -0.4 is 9.64 Å². The summed E-state index contributed by atoms with van der Waals surface area (Å²) in [5.74, 6) is 1.44. The summed E-state index contributed by atoms with van der Waals surface area (Å²) >= 11 is 0. The van der Waals surface area contributed by atoms with Gasteiger partial charge in [0.1, 0.15) is 0 Å². The van der Waals surface area contributed by atoms with Crippen molar-refractivity contribution >= 4 is 11.9 Å². The highest BCUT2D eigenvalue weighted by molar-refractivity contribution is 5.79. The van der Waals surface area contributed by atoms with Gasteiger partial charge in [0, 0.05) is 45.0 Å². The molecular weight excluding hydrogens is 296 g/mol. The van der Waals surface area contributed by atoms with Gasteiger partial charge in [0.15, 0.2) is 0 Å². The Balaban J connectivity index is 1.58. The van der Waals surface area contributed by atoms with Crippen molar-refractivity contribution in [3.63, 3.8) is 0 Å². The van der Waals surface area contributed by atoms with Gasteiger partial charge in [0.25, 0.3) is 0 Å². The molecule has 7 nitrogen and oxygen atoms in total. The van der Waals surface area contributed by atoms with Gasteiger partial charge in [-0.25, -0.2) is 4.98 Å². The first-order valence-corrected chi connectivity index (χ1v) is 8.21. The zero-order valence-electron chi connectivity index (χ0n) is 13.8. The van der Waals surface area contributed by atoms with Gasteiger partial charge < -0.3 is 19.3 Å². The van der Waals surface area contributed by atoms with E-state index in [2.05, 4.69) is 14.9 Å². The average molecular weight is 320 g/mol. The molecule has 0 unspecified atom stereocenters. The predicted molar refractivity (Wildman–Crippen MR) is 85.5 cm³/mol. The lowest BCUT2D eigenvalue weighted by Gasteiger charge is -2.38. The number of ether oxygens (including phenoxy) is 2. The maximum atomic E-state index is 12.7. The van der Waals surface area contributed by atoms with Gasteiger partial charge >= 0.3 is 0 Å². The number of hydrogen-bond donors (Lipinski definition) is 0. The maximum absolute atomic E-state index is 12.7. The summed E-state index contributed by atoms with van der Waals surface area (Å²) in [6.07, 6.45) is 3.62. The molecule has 2 saturated heterocycles. The first-order chi connectivity index (χ1) is 11.2. The fourth-order valence-electron chi connectivity index (χ4n) is 3.21. The highest BCUT2D eigenvalue weighted by atomic mass is 16.5. The van der Waals surface area contributed by atoms with Crippen LogP contribution in [0.25, 0.3) is 0 Å². The van der Waals surface area contributed by atoms with Crippen molar-refractivity contribution in [3.05, 3.63) is 12.3 Å². The Morgan fingerprint density at radius 3 is 2.83 bits per heavy atom. The first-order valence-electron chi connectivity index (χ1n) is 8.21. The third-order valence-corrected chi connectivity index (χ3v) is 4.62. The van der Waals surface area contributed by atoms with E-state index in [0.717, 1.165) is 32.5 Å². The molecule has 0 N–H and O–H groups in total. The Morgan fingerprint density at radius 2 is 2.13 bits per heavy atom. The maximum Gasteiger partial charge on any atom is 0.228 e. The number of methoxy groups -OCH3 is 1. The van der Waals surface area contributed by atoms with Gasteiger partial charge in [-0.2, -0.15) is 4.98 Å². The summed E-state index contributed by atoms with van der Waals surface area (Å²) < 4.78 is 10.8. The second kappa shape index (κ2) is 7.12. The highest BCUT2D eigenvalue weighted by Gasteiger charge is 2.33. The van der Waals surface area contributed by atoms with Crippen molar-refractivity contribution in [2.45, 2.75) is 25.9 Å². The molecule has 3 rings (SSSR count). The van der Waals surface area contributed by atoms with Gasteiger partial charge in [-0.15, -0.1) is 0 Å². The molecule has 1 aromatic heterocycles. The number of aromatic nitrogens is 2. The topological polar surface area (TPSA) is 67.8 Å². The molecule has 126 valence electrons. The molecule has 1 amide bonds. The van der Waals surface area contributed by atoms with E-state index < -0.39 is 0 Å². The SMILES string of the molecule is COc1ccnc(N2CCN(C(=O)[C@@H]3CCCO[C@@H]3C)CC2)n1. The van der Waals surface area contributed by atoms with E-state index in [0.29, 0.717) is 24.9 Å². The van der Waals surface area contributed by atoms with Crippen LogP contribution >= 0.6 is 0 Å². The zero-order chi connectivity index (χ0) is 16.2. The Kier molecular flexibility index (Phi) is 4.95. The van der Waals surface area contributed by atoms with Crippen LogP contribution in [0, 0.1) is 5.92 Å². The molecular formula is C16H24N4O3. The minimum atomic E-state index is 0.00312. The van der Waals surface area contributed by atoms with Crippen molar-refractivity contribution in [1.29, 1.82) is 0 Å². The Hall–Kier alpha value is -1.89. The van der Waals surface area contributed by atoms with Crippen LogP contribution in [-0.4, -0.2) is 66.8 Å². The summed E-state index contributed by atoms with van der Waals surface area (Å²) in [5, 5.41) is 0. The third kappa shape index (κ3) is 3.55. The largest absolute Gasteiger partial charge is 0.481 e. The number of amides is 1. The normalized spacial score (nSPS) is 25.3. The van der Waals surface area contributed by atoms with Crippen LogP contribution in [0.1, 0.15) is 19.8 Å². The van der Waals surface area contributed by atoms with Crippen LogP contribution in [0.15, 0.2) is 12.3 Å². The second-order valence-electron chi connectivity index (χ2n) is 6.04. The molecule has 0 saturated carbocycles. The first kappa shape index (κ1) is 16.0. The van der Waals surface area contributed by atoms with E-state index in [-0.39, 0.29) is 17.9 Å². The van der Waals surface area contributed by atoms with Crippen molar-refractivity contribution in [3.8, 4) is 5.88 Å². The fourth-order valence-corrected chi connectivity index (χ4v) is 3.21. The molecule has 0 bridgehead atoms. The number of carbonyl (C=O) groups excluding carboxylic acids is 1. The smallest absolute Gasteiger partial charge is 0.228 e. The number of nitrogens with zero attached hydrogens (tertiary/aromatic N) is 4. The molecule has 23 heavy (non-hydrogen) atoms. The third-order valence-electron chi connectivity index (χ3n) is 4.62. The summed E-state index contributed by atoms with van der Waals surface area (Å²) in [7, 11) is 1.59. The number of hydrogen-bond acceptors (Lipinski definition) is 6. The van der Waals surface area contributed by atoms with E-state index >= 15 is 0 Å². The highest BCUT2D eigenvalue weighted by Crippen LogP contribution is 2.24. The molecule has 0 aliphatic carbocycles. The van der Waals surface area contributed by atoms with E-state index in [1.807, 2.05) is 11.8 Å². The molecule has 0 aromatic carbocycles. The fraction of sp³-hybridized carbons (Fsp3) is 0.688. The molecule has 2 aliphatic heterocycles. The molecule has 0 radical (unpaired) electrons. The molecule has 0 spiro atoms. The predicted octanol–water partition coefficient (Wildman–Crippen LogP) is 0.949. The lowest BCUT2D eigenvalue weighted by molar-refractivity contribution is -0.144. The van der Waals surface area contributed by atoms with E-state index in [1.165, 1.54) is 0 Å². The van der Waals surface area contributed by atoms with Gasteiger partial charge in [-0.05, 0) is 19.8 Å². The van der Waals surface area contributed by atoms with Gasteiger partial charge in [-0.3, -0.25) is 4.79 Å². The Labute approximate surface area is 136 Å². The van der Waals surface area contributed by atoms with E-state index in [4.69, 9.17) is 9.47 Å². The summed E-state index contributed by atoms with van der Waals surface area (Å²) in [6.45, 7) is 5.64. The minimum absolute atomic E-state index is 0.00312. The number of rotatable bonds is 3. The van der Waals surface area contributed by atoms with Crippen molar-refractivity contribution < 1.29 is 14.3 Å². The lowest BCUT2D eigenvalue weighted by Crippen LogP contribution is -2.52. The van der Waals surface area contributed by atoms with Gasteiger partial charge in [0.2, 0.25) is 17.7 Å². The monoisotopic (exact) mass is 320 g/mol. The number of piperazine rings is 1. The molecule has 7 heteroatoms. The van der Waals surface area contributed by atoms with E-state index in [9.17, 15) is 4.79 Å². The van der Waals surface area contributed by atoms with Crippen molar-refractivity contribution in [1.82, 2.24) is 14.9 Å². The lowest BCUT2D eigenvalue weighted by atomic mass is 9.93. The summed E-state index contributed by atoms with van der Waals surface area (Å²) in [4.78, 5) is 25.4. The van der Waals surface area contributed by atoms with Crippen LogP contribution in [0.3, 0.4) is 0 Å². The summed E-state index contributed by atoms with van der Waals surface area (Å²) in [5.41, 5.74) is 0. The van der Waals surface area contributed by atoms with Crippen LogP contribution in [0.5, 0.6) is 5.88 Å².